The van der Waals surface area contributed by atoms with Crippen molar-refractivity contribution in [3.63, 3.8) is 0 Å². The van der Waals surface area contributed by atoms with Crippen LogP contribution in [0.1, 0.15) is 20.8 Å². The molecule has 0 aliphatic carbocycles. The molecule has 0 radical (unpaired) electrons. The van der Waals surface area contributed by atoms with E-state index in [2.05, 4.69) is 20.7 Å². The summed E-state index contributed by atoms with van der Waals surface area (Å²) in [6, 6.07) is 0. The number of ether oxygens (including phenoxy) is 2. The first kappa shape index (κ1) is 14.2. The summed E-state index contributed by atoms with van der Waals surface area (Å²) in [6.45, 7) is 5.31. The minimum Gasteiger partial charge on any atom is -0.468 e. The third kappa shape index (κ3) is 4.46. The van der Waals surface area contributed by atoms with Crippen molar-refractivity contribution in [1.29, 1.82) is 0 Å². The Bertz CT molecular complexity index is 281. The molecule has 0 N–H and O–H groups in total. The van der Waals surface area contributed by atoms with Crippen LogP contribution in [0.2, 0.25) is 0 Å². The van der Waals surface area contributed by atoms with Gasteiger partial charge in [-0.1, -0.05) is 0 Å². The Kier molecular flexibility index (Phi) is 5.57. The first-order chi connectivity index (χ1) is 6.85. The largest absolute Gasteiger partial charge is 0.468 e. The Morgan fingerprint density at radius 3 is 2.33 bits per heavy atom. The van der Waals surface area contributed by atoms with Crippen LogP contribution in [0.15, 0.2) is 10.6 Å². The molecular formula is C10H15BrO4. The molecule has 0 saturated carbocycles. The highest BCUT2D eigenvalue weighted by Gasteiger charge is 2.27. The van der Waals surface area contributed by atoms with E-state index in [1.807, 2.05) is 0 Å². The monoisotopic (exact) mass is 278 g/mol. The minimum absolute atomic E-state index is 0.222. The van der Waals surface area contributed by atoms with E-state index in [9.17, 15) is 9.59 Å². The van der Waals surface area contributed by atoms with Crippen LogP contribution < -0.4 is 0 Å². The van der Waals surface area contributed by atoms with Gasteiger partial charge in [0, 0.05) is 0 Å². The van der Waals surface area contributed by atoms with Gasteiger partial charge < -0.3 is 9.47 Å². The molecule has 0 atom stereocenters. The summed E-state index contributed by atoms with van der Waals surface area (Å²) in [5.41, 5.74) is -0.861. The number of hydrogen-bond acceptors (Lipinski definition) is 4. The van der Waals surface area contributed by atoms with Gasteiger partial charge >= 0.3 is 11.9 Å². The molecule has 0 unspecified atom stereocenters. The molecule has 86 valence electrons. The lowest BCUT2D eigenvalue weighted by Crippen LogP contribution is -2.24. The standard InChI is InChI=1S/C10H15BrO4/c1-5-15-8(12)7(11)6-10(2,3)9(13)14-4/h6H,5H2,1-4H3/b7-6-. The number of carbonyl (C=O) groups excluding carboxylic acids is 2. The van der Waals surface area contributed by atoms with Gasteiger partial charge in [-0.2, -0.15) is 0 Å². The zero-order chi connectivity index (χ0) is 12.1. The maximum Gasteiger partial charge on any atom is 0.344 e. The van der Waals surface area contributed by atoms with Crippen LogP contribution in [0.25, 0.3) is 0 Å². The first-order valence-corrected chi connectivity index (χ1v) is 5.28. The van der Waals surface area contributed by atoms with Gasteiger partial charge in [0.25, 0.3) is 0 Å². The first-order valence-electron chi connectivity index (χ1n) is 4.49. The van der Waals surface area contributed by atoms with Crippen LogP contribution in [0, 0.1) is 5.41 Å². The average Bonchev–Trinajstić information content (AvgIpc) is 2.16. The fraction of sp³-hybridized carbons (Fsp3) is 0.600. The zero-order valence-corrected chi connectivity index (χ0v) is 10.9. The highest BCUT2D eigenvalue weighted by Crippen LogP contribution is 2.23. The average molecular weight is 279 g/mol. The van der Waals surface area contributed by atoms with E-state index in [1.165, 1.54) is 13.2 Å². The summed E-state index contributed by atoms with van der Waals surface area (Å²) in [7, 11) is 1.30. The molecular weight excluding hydrogens is 264 g/mol. The quantitative estimate of drug-likeness (QED) is 0.583. The second-order valence-corrected chi connectivity index (χ2v) is 4.28. The third-order valence-electron chi connectivity index (χ3n) is 1.67. The van der Waals surface area contributed by atoms with Gasteiger partial charge in [-0.25, -0.2) is 4.79 Å². The summed E-state index contributed by atoms with van der Waals surface area (Å²) >= 11 is 3.06. The van der Waals surface area contributed by atoms with E-state index in [0.29, 0.717) is 6.61 Å². The molecule has 4 nitrogen and oxygen atoms in total. The third-order valence-corrected chi connectivity index (χ3v) is 2.22. The van der Waals surface area contributed by atoms with E-state index < -0.39 is 17.4 Å². The lowest BCUT2D eigenvalue weighted by Gasteiger charge is -2.17. The van der Waals surface area contributed by atoms with Crippen molar-refractivity contribution in [2.75, 3.05) is 13.7 Å². The van der Waals surface area contributed by atoms with Crippen LogP contribution in [0.4, 0.5) is 0 Å². The van der Waals surface area contributed by atoms with Crippen LogP contribution >= 0.6 is 15.9 Å². The van der Waals surface area contributed by atoms with Crippen LogP contribution in [0.3, 0.4) is 0 Å². The lowest BCUT2D eigenvalue weighted by atomic mass is 9.93. The van der Waals surface area contributed by atoms with Gasteiger partial charge in [0.2, 0.25) is 0 Å². The molecule has 5 heteroatoms. The highest BCUT2D eigenvalue weighted by molar-refractivity contribution is 9.12. The number of hydrogen-bond donors (Lipinski definition) is 0. The fourth-order valence-corrected chi connectivity index (χ4v) is 1.58. The molecule has 0 saturated heterocycles. The predicted octanol–water partition coefficient (Wildman–Crippen LogP) is 2.03. The van der Waals surface area contributed by atoms with Gasteiger partial charge in [0.05, 0.1) is 23.6 Å². The number of methoxy groups -OCH3 is 1. The fourth-order valence-electron chi connectivity index (χ4n) is 0.898. The van der Waals surface area contributed by atoms with Crippen molar-refractivity contribution in [3.8, 4) is 0 Å². The molecule has 0 spiro atoms. The molecule has 0 aliphatic heterocycles. The molecule has 0 rings (SSSR count). The topological polar surface area (TPSA) is 52.6 Å². The Hall–Kier alpha value is -0.840. The normalized spacial score (nSPS) is 12.2. The Balaban J connectivity index is 4.72. The number of carbonyl (C=O) groups is 2. The van der Waals surface area contributed by atoms with Crippen molar-refractivity contribution in [1.82, 2.24) is 0 Å². The summed E-state index contributed by atoms with van der Waals surface area (Å²) in [5, 5.41) is 0. The van der Waals surface area contributed by atoms with Crippen molar-refractivity contribution >= 4 is 27.9 Å². The van der Waals surface area contributed by atoms with Crippen LogP contribution in [-0.4, -0.2) is 25.7 Å². The second-order valence-electron chi connectivity index (χ2n) is 3.43. The van der Waals surface area contributed by atoms with Gasteiger partial charge in [0.15, 0.2) is 0 Å². The van der Waals surface area contributed by atoms with Crippen LogP contribution in [-0.2, 0) is 19.1 Å². The van der Waals surface area contributed by atoms with Crippen molar-refractivity contribution in [2.45, 2.75) is 20.8 Å². The summed E-state index contributed by atoms with van der Waals surface area (Å²) < 4.78 is 9.58. The Morgan fingerprint density at radius 1 is 1.40 bits per heavy atom. The van der Waals surface area contributed by atoms with E-state index in [1.54, 1.807) is 20.8 Å². The summed E-state index contributed by atoms with van der Waals surface area (Å²) in [5.74, 6) is -0.904. The number of halogens is 1. The number of rotatable bonds is 4. The molecule has 0 amide bonds. The predicted molar refractivity (Wildman–Crippen MR) is 59.4 cm³/mol. The van der Waals surface area contributed by atoms with E-state index in [4.69, 9.17) is 4.74 Å². The maximum absolute atomic E-state index is 11.3. The number of esters is 2. The molecule has 0 aromatic heterocycles. The molecule has 0 aromatic rings. The van der Waals surface area contributed by atoms with E-state index in [0.717, 1.165) is 0 Å². The smallest absolute Gasteiger partial charge is 0.344 e. The van der Waals surface area contributed by atoms with Gasteiger partial charge in [0.1, 0.15) is 0 Å². The molecule has 0 fully saturated rings. The SMILES string of the molecule is CCOC(=O)/C(Br)=C/C(C)(C)C(=O)OC. The minimum atomic E-state index is -0.861. The Labute approximate surface area is 97.8 Å². The molecule has 0 bridgehead atoms. The van der Waals surface area contributed by atoms with Gasteiger partial charge in [-0.15, -0.1) is 0 Å². The molecule has 0 aliphatic rings. The second kappa shape index (κ2) is 5.90. The van der Waals surface area contributed by atoms with Gasteiger partial charge in [-0.3, -0.25) is 4.79 Å². The van der Waals surface area contributed by atoms with E-state index in [-0.39, 0.29) is 4.48 Å². The zero-order valence-electron chi connectivity index (χ0n) is 9.30. The van der Waals surface area contributed by atoms with Crippen molar-refractivity contribution in [3.05, 3.63) is 10.6 Å². The highest BCUT2D eigenvalue weighted by atomic mass is 79.9. The molecule has 0 aromatic carbocycles. The molecule has 15 heavy (non-hydrogen) atoms. The van der Waals surface area contributed by atoms with Crippen molar-refractivity contribution < 1.29 is 19.1 Å². The molecule has 0 heterocycles. The maximum atomic E-state index is 11.3. The summed E-state index contributed by atoms with van der Waals surface area (Å²) in [4.78, 5) is 22.6. The van der Waals surface area contributed by atoms with E-state index >= 15 is 0 Å². The summed E-state index contributed by atoms with van der Waals surface area (Å²) in [6.07, 6.45) is 1.47. The van der Waals surface area contributed by atoms with Crippen LogP contribution in [0.5, 0.6) is 0 Å². The van der Waals surface area contributed by atoms with Gasteiger partial charge in [-0.05, 0) is 42.8 Å². The lowest BCUT2D eigenvalue weighted by molar-refractivity contribution is -0.148. The van der Waals surface area contributed by atoms with Crippen molar-refractivity contribution in [2.24, 2.45) is 5.41 Å². The Morgan fingerprint density at radius 2 is 1.93 bits per heavy atom.